The number of rotatable bonds is 2. The predicted molar refractivity (Wildman–Crippen MR) is 34.9 cm³/mol. The van der Waals surface area contributed by atoms with Crippen LogP contribution in [0.2, 0.25) is 0 Å². The maximum atomic E-state index is 12.7. The molecule has 6 heteroatoms. The zero-order valence-corrected chi connectivity index (χ0v) is 6.17. The van der Waals surface area contributed by atoms with E-state index in [2.05, 4.69) is 4.74 Å². The van der Waals surface area contributed by atoms with Gasteiger partial charge in [-0.05, 0) is 0 Å². The monoisotopic (exact) mass is 182 g/mol. The highest BCUT2D eigenvalue weighted by Crippen LogP contribution is 2.23. The first-order chi connectivity index (χ1) is 5.57. The van der Waals surface area contributed by atoms with E-state index in [1.54, 1.807) is 0 Å². The highest BCUT2D eigenvalue weighted by Gasteiger charge is 2.45. The van der Waals surface area contributed by atoms with Crippen molar-refractivity contribution >= 4 is 0 Å². The van der Waals surface area contributed by atoms with Gasteiger partial charge in [-0.3, -0.25) is 0 Å². The molecule has 5 nitrogen and oxygen atoms in total. The van der Waals surface area contributed by atoms with Crippen LogP contribution in [0.4, 0.5) is 4.39 Å². The molecule has 1 rings (SSSR count). The fourth-order valence-electron chi connectivity index (χ4n) is 1.09. The van der Waals surface area contributed by atoms with Crippen LogP contribution in [0, 0.1) is 0 Å². The third-order valence-corrected chi connectivity index (χ3v) is 1.81. The molecule has 0 aliphatic carbocycles. The number of alkyl halides is 1. The third-order valence-electron chi connectivity index (χ3n) is 1.81. The number of halogens is 1. The van der Waals surface area contributed by atoms with Crippen LogP contribution in [-0.4, -0.2) is 57.8 Å². The molecule has 5 atom stereocenters. The number of hydrogen-bond donors (Lipinski definition) is 4. The molecule has 0 bridgehead atoms. The van der Waals surface area contributed by atoms with Crippen LogP contribution in [0.15, 0.2) is 0 Å². The highest BCUT2D eigenvalue weighted by molar-refractivity contribution is 4.89. The summed E-state index contributed by atoms with van der Waals surface area (Å²) >= 11 is 0. The van der Waals surface area contributed by atoms with Crippen LogP contribution in [-0.2, 0) is 4.74 Å². The van der Waals surface area contributed by atoms with Gasteiger partial charge in [-0.25, -0.2) is 4.39 Å². The summed E-state index contributed by atoms with van der Waals surface area (Å²) in [4.78, 5) is 0. The van der Waals surface area contributed by atoms with Crippen molar-refractivity contribution in [3.8, 4) is 0 Å². The zero-order chi connectivity index (χ0) is 9.30. The van der Waals surface area contributed by atoms with Crippen molar-refractivity contribution in [3.05, 3.63) is 0 Å². The van der Waals surface area contributed by atoms with Crippen molar-refractivity contribution in [2.45, 2.75) is 30.8 Å². The first kappa shape index (κ1) is 9.82. The smallest absolute Gasteiger partial charge is 0.184 e. The molecule has 0 spiro atoms. The topological polar surface area (TPSA) is 90.2 Å². The van der Waals surface area contributed by atoms with Crippen molar-refractivity contribution in [2.75, 3.05) is 6.61 Å². The molecule has 0 aromatic rings. The molecule has 0 aromatic carbocycles. The van der Waals surface area contributed by atoms with E-state index < -0.39 is 37.4 Å². The Morgan fingerprint density at radius 2 is 1.83 bits per heavy atom. The van der Waals surface area contributed by atoms with Gasteiger partial charge in [-0.1, -0.05) is 0 Å². The summed E-state index contributed by atoms with van der Waals surface area (Å²) in [5, 5.41) is 35.1. The van der Waals surface area contributed by atoms with E-state index in [-0.39, 0.29) is 0 Å². The van der Waals surface area contributed by atoms with E-state index in [1.165, 1.54) is 0 Å². The molecule has 4 N–H and O–H groups in total. The molecule has 0 saturated carbocycles. The van der Waals surface area contributed by atoms with Crippen molar-refractivity contribution < 1.29 is 29.6 Å². The number of aliphatic hydroxyl groups excluding tert-OH is 4. The maximum Gasteiger partial charge on any atom is 0.184 e. The second-order valence-electron chi connectivity index (χ2n) is 2.67. The van der Waals surface area contributed by atoms with Gasteiger partial charge >= 0.3 is 0 Å². The SMILES string of the molecule is OCC(F)C1OC(O)C(O)C1O. The minimum Gasteiger partial charge on any atom is -0.393 e. The normalized spacial score (nSPS) is 44.8. The van der Waals surface area contributed by atoms with E-state index in [9.17, 15) is 4.39 Å². The van der Waals surface area contributed by atoms with E-state index in [0.29, 0.717) is 0 Å². The lowest BCUT2D eigenvalue weighted by Gasteiger charge is -2.16. The summed E-state index contributed by atoms with van der Waals surface area (Å²) in [6.07, 6.45) is -7.76. The van der Waals surface area contributed by atoms with Crippen molar-refractivity contribution in [3.63, 3.8) is 0 Å². The Morgan fingerprint density at radius 1 is 1.25 bits per heavy atom. The standard InChI is InChI=1S/C6H11FO5/c7-2(1-8)5-3(9)4(10)6(11)12-5/h2-6,8-11H,1H2. The van der Waals surface area contributed by atoms with E-state index in [4.69, 9.17) is 20.4 Å². The summed E-state index contributed by atoms with van der Waals surface area (Å²) in [5.74, 6) is 0. The molecular formula is C6H11FO5. The van der Waals surface area contributed by atoms with Gasteiger partial charge in [0.1, 0.15) is 18.3 Å². The lowest BCUT2D eigenvalue weighted by atomic mass is 10.1. The van der Waals surface area contributed by atoms with E-state index >= 15 is 0 Å². The summed E-state index contributed by atoms with van der Waals surface area (Å²) in [7, 11) is 0. The number of hydrogen-bond acceptors (Lipinski definition) is 5. The summed E-state index contributed by atoms with van der Waals surface area (Å²) < 4.78 is 17.1. The van der Waals surface area contributed by atoms with Crippen LogP contribution in [0.3, 0.4) is 0 Å². The zero-order valence-electron chi connectivity index (χ0n) is 6.17. The van der Waals surface area contributed by atoms with Gasteiger partial charge in [0, 0.05) is 0 Å². The van der Waals surface area contributed by atoms with Gasteiger partial charge < -0.3 is 25.2 Å². The Bertz CT molecular complexity index is 155. The molecule has 72 valence electrons. The average Bonchev–Trinajstić information content (AvgIpc) is 2.32. The maximum absolute atomic E-state index is 12.7. The van der Waals surface area contributed by atoms with Crippen LogP contribution >= 0.6 is 0 Å². The largest absolute Gasteiger partial charge is 0.393 e. The number of ether oxygens (including phenoxy) is 1. The van der Waals surface area contributed by atoms with Gasteiger partial charge in [0.05, 0.1) is 6.61 Å². The molecule has 0 amide bonds. The number of aliphatic hydroxyl groups is 4. The highest BCUT2D eigenvalue weighted by atomic mass is 19.1. The Morgan fingerprint density at radius 3 is 2.17 bits per heavy atom. The fraction of sp³-hybridized carbons (Fsp3) is 1.00. The summed E-state index contributed by atoms with van der Waals surface area (Å²) in [5.41, 5.74) is 0. The van der Waals surface area contributed by atoms with Gasteiger partial charge in [0.2, 0.25) is 0 Å². The molecule has 0 radical (unpaired) electrons. The summed E-state index contributed by atoms with van der Waals surface area (Å²) in [6.45, 7) is -0.818. The van der Waals surface area contributed by atoms with Crippen LogP contribution < -0.4 is 0 Å². The minimum absolute atomic E-state index is 0.818. The lowest BCUT2D eigenvalue weighted by molar-refractivity contribution is -0.140. The Labute approximate surface area is 68.0 Å². The Hall–Kier alpha value is -0.270. The molecule has 1 aliphatic rings. The summed E-state index contributed by atoms with van der Waals surface area (Å²) in [6, 6.07) is 0. The third kappa shape index (κ3) is 1.57. The van der Waals surface area contributed by atoms with E-state index in [1.807, 2.05) is 0 Å². The predicted octanol–water partition coefficient (Wildman–Crippen LogP) is -2.24. The molecular weight excluding hydrogens is 171 g/mol. The molecule has 1 fully saturated rings. The Kier molecular flexibility index (Phi) is 2.97. The first-order valence-corrected chi connectivity index (χ1v) is 3.52. The molecule has 1 aliphatic heterocycles. The van der Waals surface area contributed by atoms with Gasteiger partial charge in [-0.15, -0.1) is 0 Å². The quantitative estimate of drug-likeness (QED) is 0.387. The first-order valence-electron chi connectivity index (χ1n) is 3.52. The van der Waals surface area contributed by atoms with Crippen LogP contribution in [0.25, 0.3) is 0 Å². The molecule has 12 heavy (non-hydrogen) atoms. The Balaban J connectivity index is 2.58. The second-order valence-corrected chi connectivity index (χ2v) is 2.67. The molecule has 1 saturated heterocycles. The van der Waals surface area contributed by atoms with Gasteiger partial charge in [0.25, 0.3) is 0 Å². The molecule has 0 aromatic heterocycles. The van der Waals surface area contributed by atoms with Crippen LogP contribution in [0.5, 0.6) is 0 Å². The van der Waals surface area contributed by atoms with Crippen molar-refractivity contribution in [2.24, 2.45) is 0 Å². The molecule has 5 unspecified atom stereocenters. The lowest BCUT2D eigenvalue weighted by Crippen LogP contribution is -2.38. The molecule has 1 heterocycles. The minimum atomic E-state index is -1.80. The van der Waals surface area contributed by atoms with Gasteiger partial charge in [-0.2, -0.15) is 0 Å². The fourth-order valence-corrected chi connectivity index (χ4v) is 1.09. The van der Waals surface area contributed by atoms with Crippen molar-refractivity contribution in [1.29, 1.82) is 0 Å². The van der Waals surface area contributed by atoms with Gasteiger partial charge in [0.15, 0.2) is 12.5 Å². The van der Waals surface area contributed by atoms with Crippen LogP contribution in [0.1, 0.15) is 0 Å². The van der Waals surface area contributed by atoms with Crippen molar-refractivity contribution in [1.82, 2.24) is 0 Å². The average molecular weight is 182 g/mol. The van der Waals surface area contributed by atoms with E-state index in [0.717, 1.165) is 0 Å². The second kappa shape index (κ2) is 3.63.